The lowest BCUT2D eigenvalue weighted by molar-refractivity contribution is 0.0719. The van der Waals surface area contributed by atoms with E-state index < -0.39 is 0 Å². The predicted molar refractivity (Wildman–Crippen MR) is 73.6 cm³/mol. The number of benzene rings is 1. The van der Waals surface area contributed by atoms with Gasteiger partial charge in [-0.15, -0.1) is 0 Å². The molecule has 0 fully saturated rings. The minimum absolute atomic E-state index is 0.524. The van der Waals surface area contributed by atoms with Crippen LogP contribution >= 0.6 is 0 Å². The minimum Gasteiger partial charge on any atom is -0.499 e. The molecule has 0 spiro atoms. The monoisotopic (exact) mass is 258 g/mol. The van der Waals surface area contributed by atoms with E-state index in [2.05, 4.69) is 28.3 Å². The van der Waals surface area contributed by atoms with Crippen LogP contribution in [0.1, 0.15) is 11.3 Å². The molecule has 1 aromatic carbocycles. The number of nitrogens with zero attached hydrogens (tertiary/aromatic N) is 2. The summed E-state index contributed by atoms with van der Waals surface area (Å²) in [6.45, 7) is 5.89. The van der Waals surface area contributed by atoms with Crippen molar-refractivity contribution in [2.24, 2.45) is 0 Å². The van der Waals surface area contributed by atoms with Gasteiger partial charge in [0, 0.05) is 6.54 Å². The van der Waals surface area contributed by atoms with E-state index in [0.29, 0.717) is 19.8 Å². The third kappa shape index (κ3) is 4.26. The molecular weight excluding hydrogens is 240 g/mol. The molecule has 0 saturated carbocycles. The fraction of sp³-hybridized carbons (Fsp3) is 0.267. The van der Waals surface area contributed by atoms with E-state index in [0.717, 1.165) is 12.2 Å². The van der Waals surface area contributed by atoms with Crippen molar-refractivity contribution in [1.82, 2.24) is 9.55 Å². The Labute approximate surface area is 113 Å². The topological polar surface area (TPSA) is 36.3 Å². The first-order valence-corrected chi connectivity index (χ1v) is 6.23. The van der Waals surface area contributed by atoms with Gasteiger partial charge in [-0.25, -0.2) is 4.98 Å². The van der Waals surface area contributed by atoms with Gasteiger partial charge in [0.25, 0.3) is 0 Å². The fourth-order valence-electron chi connectivity index (χ4n) is 1.76. The van der Waals surface area contributed by atoms with Gasteiger partial charge < -0.3 is 14.0 Å². The molecule has 4 heteroatoms. The molecule has 0 N–H and O–H groups in total. The van der Waals surface area contributed by atoms with E-state index >= 15 is 0 Å². The number of aromatic nitrogens is 2. The second-order valence-corrected chi connectivity index (χ2v) is 4.09. The van der Waals surface area contributed by atoms with Crippen LogP contribution in [0.3, 0.4) is 0 Å². The maximum Gasteiger partial charge on any atom is 0.111 e. The number of imidazole rings is 1. The largest absolute Gasteiger partial charge is 0.499 e. The van der Waals surface area contributed by atoms with Crippen molar-refractivity contribution in [3.05, 3.63) is 67.0 Å². The maximum absolute atomic E-state index is 5.52. The SMILES string of the molecule is C=COCCOCc1cncn1Cc1ccccc1. The molecule has 1 heterocycles. The number of hydrogen-bond acceptors (Lipinski definition) is 3. The molecule has 0 radical (unpaired) electrons. The minimum atomic E-state index is 0.524. The highest BCUT2D eigenvalue weighted by Gasteiger charge is 2.03. The first-order chi connectivity index (χ1) is 9.40. The smallest absolute Gasteiger partial charge is 0.111 e. The molecule has 100 valence electrons. The van der Waals surface area contributed by atoms with Gasteiger partial charge in [-0.05, 0) is 5.56 Å². The van der Waals surface area contributed by atoms with Crippen LogP contribution in [0, 0.1) is 0 Å². The third-order valence-corrected chi connectivity index (χ3v) is 2.71. The van der Waals surface area contributed by atoms with Crippen LogP contribution in [-0.4, -0.2) is 22.8 Å². The second kappa shape index (κ2) is 7.38. The fourth-order valence-corrected chi connectivity index (χ4v) is 1.76. The molecule has 0 saturated heterocycles. The number of ether oxygens (including phenoxy) is 2. The van der Waals surface area contributed by atoms with Gasteiger partial charge in [-0.3, -0.25) is 0 Å². The van der Waals surface area contributed by atoms with E-state index in [1.165, 1.54) is 11.8 Å². The van der Waals surface area contributed by atoms with Crippen LogP contribution in [-0.2, 0) is 22.6 Å². The highest BCUT2D eigenvalue weighted by Crippen LogP contribution is 2.07. The molecule has 2 aromatic rings. The van der Waals surface area contributed by atoms with Gasteiger partial charge in [-0.1, -0.05) is 36.9 Å². The summed E-state index contributed by atoms with van der Waals surface area (Å²) in [7, 11) is 0. The lowest BCUT2D eigenvalue weighted by Crippen LogP contribution is -2.07. The lowest BCUT2D eigenvalue weighted by Gasteiger charge is -2.09. The molecule has 4 nitrogen and oxygen atoms in total. The Hall–Kier alpha value is -2.07. The summed E-state index contributed by atoms with van der Waals surface area (Å²) in [6, 6.07) is 10.3. The quantitative estimate of drug-likeness (QED) is 0.539. The van der Waals surface area contributed by atoms with Crippen molar-refractivity contribution in [1.29, 1.82) is 0 Å². The van der Waals surface area contributed by atoms with E-state index in [1.807, 2.05) is 30.7 Å². The van der Waals surface area contributed by atoms with Crippen molar-refractivity contribution in [3.63, 3.8) is 0 Å². The Morgan fingerprint density at radius 3 is 2.84 bits per heavy atom. The van der Waals surface area contributed by atoms with Crippen LogP contribution in [0.2, 0.25) is 0 Å². The number of rotatable bonds is 8. The zero-order valence-electron chi connectivity index (χ0n) is 10.9. The van der Waals surface area contributed by atoms with Crippen molar-refractivity contribution in [2.45, 2.75) is 13.2 Å². The highest BCUT2D eigenvalue weighted by molar-refractivity contribution is 5.16. The molecule has 0 unspecified atom stereocenters. The first kappa shape index (κ1) is 13.4. The Balaban J connectivity index is 1.85. The molecule has 1 aromatic heterocycles. The summed E-state index contributed by atoms with van der Waals surface area (Å²) in [5, 5.41) is 0. The molecule has 0 aliphatic rings. The van der Waals surface area contributed by atoms with Crippen LogP contribution in [0.15, 0.2) is 55.7 Å². The van der Waals surface area contributed by atoms with Gasteiger partial charge in [0.05, 0.1) is 37.7 Å². The van der Waals surface area contributed by atoms with E-state index in [9.17, 15) is 0 Å². The standard InChI is InChI=1S/C15H18N2O2/c1-2-18-8-9-19-12-15-10-16-13-17(15)11-14-6-4-3-5-7-14/h2-7,10,13H,1,8-9,11-12H2. The summed E-state index contributed by atoms with van der Waals surface area (Å²) in [5.74, 6) is 0. The molecule has 2 rings (SSSR count). The Bertz CT molecular complexity index is 494. The number of hydrogen-bond donors (Lipinski definition) is 0. The van der Waals surface area contributed by atoms with E-state index in [1.54, 1.807) is 0 Å². The average molecular weight is 258 g/mol. The molecule has 0 bridgehead atoms. The summed E-state index contributed by atoms with van der Waals surface area (Å²) in [4.78, 5) is 4.17. The third-order valence-electron chi connectivity index (χ3n) is 2.71. The molecule has 0 aliphatic heterocycles. The normalized spacial score (nSPS) is 10.3. The highest BCUT2D eigenvalue weighted by atomic mass is 16.5. The lowest BCUT2D eigenvalue weighted by atomic mass is 10.2. The van der Waals surface area contributed by atoms with Gasteiger partial charge in [0.1, 0.15) is 6.61 Å². The van der Waals surface area contributed by atoms with Crippen molar-refractivity contribution >= 4 is 0 Å². The van der Waals surface area contributed by atoms with Crippen molar-refractivity contribution in [2.75, 3.05) is 13.2 Å². The van der Waals surface area contributed by atoms with Crippen LogP contribution in [0.25, 0.3) is 0 Å². The van der Waals surface area contributed by atoms with Crippen LogP contribution in [0.5, 0.6) is 0 Å². The molecular formula is C15H18N2O2. The van der Waals surface area contributed by atoms with Gasteiger partial charge in [0.15, 0.2) is 0 Å². The van der Waals surface area contributed by atoms with Gasteiger partial charge in [-0.2, -0.15) is 0 Å². The van der Waals surface area contributed by atoms with Gasteiger partial charge >= 0.3 is 0 Å². The second-order valence-electron chi connectivity index (χ2n) is 4.09. The van der Waals surface area contributed by atoms with Crippen molar-refractivity contribution < 1.29 is 9.47 Å². The van der Waals surface area contributed by atoms with Crippen LogP contribution in [0.4, 0.5) is 0 Å². The summed E-state index contributed by atoms with van der Waals surface area (Å²) in [6.07, 6.45) is 5.08. The molecule has 19 heavy (non-hydrogen) atoms. The zero-order chi connectivity index (χ0) is 13.3. The first-order valence-electron chi connectivity index (χ1n) is 6.23. The van der Waals surface area contributed by atoms with Crippen molar-refractivity contribution in [3.8, 4) is 0 Å². The van der Waals surface area contributed by atoms with E-state index in [4.69, 9.17) is 9.47 Å². The Morgan fingerprint density at radius 1 is 1.21 bits per heavy atom. The Morgan fingerprint density at radius 2 is 2.05 bits per heavy atom. The van der Waals surface area contributed by atoms with Crippen LogP contribution < -0.4 is 0 Å². The van der Waals surface area contributed by atoms with Gasteiger partial charge in [0.2, 0.25) is 0 Å². The Kier molecular flexibility index (Phi) is 5.19. The summed E-state index contributed by atoms with van der Waals surface area (Å²) < 4.78 is 12.6. The summed E-state index contributed by atoms with van der Waals surface area (Å²) >= 11 is 0. The predicted octanol–water partition coefficient (Wildman–Crippen LogP) is 2.61. The van der Waals surface area contributed by atoms with E-state index in [-0.39, 0.29) is 0 Å². The zero-order valence-corrected chi connectivity index (χ0v) is 10.9. The molecule has 0 aliphatic carbocycles. The molecule has 0 amide bonds. The summed E-state index contributed by atoms with van der Waals surface area (Å²) in [5.41, 5.74) is 2.30. The average Bonchev–Trinajstić information content (AvgIpc) is 2.87. The maximum atomic E-state index is 5.52. The molecule has 0 atom stereocenters.